The Labute approximate surface area is 169 Å². The molecule has 0 spiro atoms. The largest absolute Gasteiger partial charge is 0.367 e. The molecule has 1 fully saturated rings. The van der Waals surface area contributed by atoms with Crippen molar-refractivity contribution in [2.45, 2.75) is 32.1 Å². The molecule has 1 aromatic carbocycles. The first-order chi connectivity index (χ1) is 13.5. The van der Waals surface area contributed by atoms with Gasteiger partial charge in [0.2, 0.25) is 5.91 Å². The van der Waals surface area contributed by atoms with Crippen LogP contribution in [0.2, 0.25) is 5.02 Å². The van der Waals surface area contributed by atoms with E-state index in [0.29, 0.717) is 31.1 Å². The van der Waals surface area contributed by atoms with Crippen LogP contribution < -0.4 is 10.6 Å². The van der Waals surface area contributed by atoms with Crippen molar-refractivity contribution in [3.05, 3.63) is 52.4 Å². The second-order valence-corrected chi connectivity index (χ2v) is 7.70. The molecular formula is C20H24ClN5O2. The van der Waals surface area contributed by atoms with Gasteiger partial charge in [0.15, 0.2) is 0 Å². The van der Waals surface area contributed by atoms with Gasteiger partial charge in [0.05, 0.1) is 24.4 Å². The van der Waals surface area contributed by atoms with E-state index in [9.17, 15) is 4.79 Å². The minimum absolute atomic E-state index is 0.00124. The number of benzene rings is 1. The Bertz CT molecular complexity index is 852. The van der Waals surface area contributed by atoms with Crippen LogP contribution in [0.3, 0.4) is 0 Å². The number of fused-ring (bicyclic) bond motifs is 1. The van der Waals surface area contributed by atoms with Crippen LogP contribution in [0.25, 0.3) is 0 Å². The first-order valence-corrected chi connectivity index (χ1v) is 9.90. The topological polar surface area (TPSA) is 84.6 Å². The molecule has 148 valence electrons. The van der Waals surface area contributed by atoms with Crippen LogP contribution in [-0.4, -0.2) is 53.0 Å². The van der Waals surface area contributed by atoms with Crippen molar-refractivity contribution in [3.63, 3.8) is 0 Å². The monoisotopic (exact) mass is 401 g/mol. The summed E-state index contributed by atoms with van der Waals surface area (Å²) in [5.74, 6) is 0.909. The molecule has 4 rings (SSSR count). The van der Waals surface area contributed by atoms with Crippen molar-refractivity contribution in [1.29, 1.82) is 0 Å². The molecule has 8 heteroatoms. The molecule has 28 heavy (non-hydrogen) atoms. The van der Waals surface area contributed by atoms with Gasteiger partial charge in [-0.1, -0.05) is 23.7 Å². The molecule has 2 atom stereocenters. The summed E-state index contributed by atoms with van der Waals surface area (Å²) in [6.07, 6.45) is 2.10. The SMILES string of the molecule is CC1OCc2ncnc(N3CCN(C(=O)[C@H](N)Cc4ccc(Cl)cc4)CC3)c21. The van der Waals surface area contributed by atoms with E-state index < -0.39 is 6.04 Å². The van der Waals surface area contributed by atoms with E-state index in [-0.39, 0.29) is 12.0 Å². The molecule has 2 aliphatic heterocycles. The Morgan fingerprint density at radius 2 is 1.96 bits per heavy atom. The van der Waals surface area contributed by atoms with Gasteiger partial charge >= 0.3 is 0 Å². The van der Waals surface area contributed by atoms with Gasteiger partial charge in [-0.15, -0.1) is 0 Å². The first kappa shape index (κ1) is 19.1. The molecule has 0 radical (unpaired) electrons. The molecule has 0 saturated carbocycles. The van der Waals surface area contributed by atoms with Crippen LogP contribution in [0.15, 0.2) is 30.6 Å². The van der Waals surface area contributed by atoms with Gasteiger partial charge in [0.1, 0.15) is 12.1 Å². The lowest BCUT2D eigenvalue weighted by Crippen LogP contribution is -2.54. The highest BCUT2D eigenvalue weighted by Gasteiger charge is 2.31. The van der Waals surface area contributed by atoms with Crippen molar-refractivity contribution in [3.8, 4) is 0 Å². The summed E-state index contributed by atoms with van der Waals surface area (Å²) in [6.45, 7) is 5.24. The van der Waals surface area contributed by atoms with Crippen molar-refractivity contribution in [1.82, 2.24) is 14.9 Å². The van der Waals surface area contributed by atoms with Crippen molar-refractivity contribution < 1.29 is 9.53 Å². The van der Waals surface area contributed by atoms with Crippen LogP contribution in [0.5, 0.6) is 0 Å². The van der Waals surface area contributed by atoms with Gasteiger partial charge in [-0.05, 0) is 31.0 Å². The fraction of sp³-hybridized carbons (Fsp3) is 0.450. The number of halogens is 1. The quantitative estimate of drug-likeness (QED) is 0.842. The minimum Gasteiger partial charge on any atom is -0.367 e. The predicted molar refractivity (Wildman–Crippen MR) is 107 cm³/mol. The molecule has 1 aromatic heterocycles. The number of aromatic nitrogens is 2. The second-order valence-electron chi connectivity index (χ2n) is 7.26. The fourth-order valence-corrected chi connectivity index (χ4v) is 3.95. The normalized spacial score (nSPS) is 20.2. The number of hydrogen-bond acceptors (Lipinski definition) is 6. The molecule has 2 N–H and O–H groups in total. The van der Waals surface area contributed by atoms with Crippen molar-refractivity contribution >= 4 is 23.3 Å². The number of carbonyl (C=O) groups is 1. The first-order valence-electron chi connectivity index (χ1n) is 9.52. The Hall–Kier alpha value is -2.22. The maximum atomic E-state index is 12.8. The van der Waals surface area contributed by atoms with Gasteiger partial charge in [0, 0.05) is 36.8 Å². The molecule has 2 aromatic rings. The molecular weight excluding hydrogens is 378 g/mol. The molecule has 1 saturated heterocycles. The van der Waals surface area contributed by atoms with Crippen molar-refractivity contribution in [2.75, 3.05) is 31.1 Å². The number of carbonyl (C=O) groups excluding carboxylic acids is 1. The summed E-state index contributed by atoms with van der Waals surface area (Å²) in [7, 11) is 0. The van der Waals surface area contributed by atoms with Crippen LogP contribution in [0, 0.1) is 0 Å². The summed E-state index contributed by atoms with van der Waals surface area (Å²) in [6, 6.07) is 6.90. The molecule has 3 heterocycles. The number of nitrogens with two attached hydrogens (primary N) is 1. The van der Waals surface area contributed by atoms with E-state index in [4.69, 9.17) is 22.1 Å². The van der Waals surface area contributed by atoms with E-state index in [1.165, 1.54) is 0 Å². The van der Waals surface area contributed by atoms with Crippen LogP contribution >= 0.6 is 11.6 Å². The van der Waals surface area contributed by atoms with Crippen LogP contribution in [0.4, 0.5) is 5.82 Å². The molecule has 0 bridgehead atoms. The average molecular weight is 402 g/mol. The summed E-state index contributed by atoms with van der Waals surface area (Å²) in [5.41, 5.74) is 9.22. The lowest BCUT2D eigenvalue weighted by atomic mass is 10.1. The molecule has 0 aliphatic carbocycles. The zero-order valence-electron chi connectivity index (χ0n) is 15.8. The van der Waals surface area contributed by atoms with E-state index in [0.717, 1.165) is 35.7 Å². The molecule has 1 amide bonds. The van der Waals surface area contributed by atoms with Gasteiger partial charge in [0.25, 0.3) is 0 Å². The van der Waals surface area contributed by atoms with Gasteiger partial charge in [-0.2, -0.15) is 0 Å². The Balaban J connectivity index is 1.37. The zero-order valence-corrected chi connectivity index (χ0v) is 16.6. The maximum Gasteiger partial charge on any atom is 0.239 e. The Morgan fingerprint density at radius 1 is 1.25 bits per heavy atom. The number of ether oxygens (including phenoxy) is 1. The zero-order chi connectivity index (χ0) is 19.7. The van der Waals surface area contributed by atoms with E-state index in [1.807, 2.05) is 36.1 Å². The van der Waals surface area contributed by atoms with E-state index in [2.05, 4.69) is 14.9 Å². The third kappa shape index (κ3) is 3.83. The highest BCUT2D eigenvalue weighted by atomic mass is 35.5. The van der Waals surface area contributed by atoms with Crippen LogP contribution in [-0.2, 0) is 22.6 Å². The highest BCUT2D eigenvalue weighted by molar-refractivity contribution is 6.30. The van der Waals surface area contributed by atoms with Crippen molar-refractivity contribution in [2.24, 2.45) is 5.73 Å². The van der Waals surface area contributed by atoms with Gasteiger partial charge in [-0.3, -0.25) is 4.79 Å². The average Bonchev–Trinajstić information content (AvgIpc) is 3.10. The Kier molecular flexibility index (Phi) is 5.48. The third-order valence-corrected chi connectivity index (χ3v) is 5.65. The number of amides is 1. The summed E-state index contributed by atoms with van der Waals surface area (Å²) in [5, 5.41) is 0.677. The summed E-state index contributed by atoms with van der Waals surface area (Å²) in [4.78, 5) is 25.6. The number of nitrogens with zero attached hydrogens (tertiary/aromatic N) is 4. The lowest BCUT2D eigenvalue weighted by molar-refractivity contribution is -0.132. The van der Waals surface area contributed by atoms with Gasteiger partial charge in [-0.25, -0.2) is 9.97 Å². The van der Waals surface area contributed by atoms with Crippen LogP contribution in [0.1, 0.15) is 29.8 Å². The summed E-state index contributed by atoms with van der Waals surface area (Å²) >= 11 is 5.91. The van der Waals surface area contributed by atoms with Gasteiger partial charge < -0.3 is 20.3 Å². The number of anilines is 1. The lowest BCUT2D eigenvalue weighted by Gasteiger charge is -2.37. The number of piperazine rings is 1. The minimum atomic E-state index is -0.551. The fourth-order valence-electron chi connectivity index (χ4n) is 3.83. The number of hydrogen-bond donors (Lipinski definition) is 1. The maximum absolute atomic E-state index is 12.8. The Morgan fingerprint density at radius 3 is 2.68 bits per heavy atom. The van der Waals surface area contributed by atoms with E-state index >= 15 is 0 Å². The summed E-state index contributed by atoms with van der Waals surface area (Å²) < 4.78 is 5.69. The second kappa shape index (κ2) is 8.03. The van der Waals surface area contributed by atoms with E-state index in [1.54, 1.807) is 6.33 Å². The standard InChI is InChI=1S/C20H24ClN5O2/c1-13-18-17(11-28-13)23-12-24-19(18)25-6-8-26(9-7-25)20(27)16(22)10-14-2-4-15(21)5-3-14/h2-5,12-13,16H,6-11,22H2,1H3/t13?,16-/m1/s1. The highest BCUT2D eigenvalue weighted by Crippen LogP contribution is 2.35. The third-order valence-electron chi connectivity index (χ3n) is 5.40. The molecule has 2 aliphatic rings. The number of rotatable bonds is 4. The molecule has 7 nitrogen and oxygen atoms in total. The predicted octanol–water partition coefficient (Wildman–Crippen LogP) is 1.94. The smallest absolute Gasteiger partial charge is 0.239 e. The molecule has 1 unspecified atom stereocenters.